The zero-order valence-corrected chi connectivity index (χ0v) is 23.6. The lowest BCUT2D eigenvalue weighted by molar-refractivity contribution is 0.102. The number of amides is 1. The number of hydrogen-bond acceptors (Lipinski definition) is 5. The van der Waals surface area contributed by atoms with E-state index in [4.69, 9.17) is 4.98 Å². The second kappa shape index (κ2) is 11.6. The Morgan fingerprint density at radius 2 is 1.66 bits per heavy atom. The molecule has 0 spiro atoms. The number of nitrogens with zero attached hydrogens (tertiary/aromatic N) is 3. The van der Waals surface area contributed by atoms with E-state index < -0.39 is 0 Å². The number of anilines is 1. The van der Waals surface area contributed by atoms with Crippen LogP contribution in [0.2, 0.25) is 0 Å². The minimum atomic E-state index is -0.0857. The molecule has 6 heteroatoms. The number of piperazine rings is 1. The summed E-state index contributed by atoms with van der Waals surface area (Å²) in [6.45, 7) is 11.7. The maximum atomic E-state index is 13.0. The van der Waals surface area contributed by atoms with Gasteiger partial charge in [-0.3, -0.25) is 9.69 Å². The van der Waals surface area contributed by atoms with Crippen molar-refractivity contribution >= 4 is 22.9 Å². The number of nitrogens with one attached hydrogen (secondary N) is 1. The van der Waals surface area contributed by atoms with Crippen LogP contribution in [0.5, 0.6) is 0 Å². The summed E-state index contributed by atoms with van der Waals surface area (Å²) in [4.78, 5) is 22.8. The molecule has 1 N–H and O–H groups in total. The Balaban J connectivity index is 1.23. The van der Waals surface area contributed by atoms with Gasteiger partial charge in [-0.15, -0.1) is 11.3 Å². The quantitative estimate of drug-likeness (QED) is 0.307. The smallest absolute Gasteiger partial charge is 0.255 e. The largest absolute Gasteiger partial charge is 0.322 e. The van der Waals surface area contributed by atoms with Gasteiger partial charge in [0.25, 0.3) is 5.91 Å². The molecule has 1 amide bonds. The summed E-state index contributed by atoms with van der Waals surface area (Å²) >= 11 is 1.69. The van der Waals surface area contributed by atoms with Gasteiger partial charge in [0, 0.05) is 61.3 Å². The van der Waals surface area contributed by atoms with Crippen molar-refractivity contribution in [1.29, 1.82) is 0 Å². The third-order valence-corrected chi connectivity index (χ3v) is 8.24. The van der Waals surface area contributed by atoms with Crippen LogP contribution < -0.4 is 5.32 Å². The number of likely N-dealkylation sites (N-methyl/N-ethyl adjacent to an activating group) is 1. The summed E-state index contributed by atoms with van der Waals surface area (Å²) in [5.74, 6) is -0.0857. The van der Waals surface area contributed by atoms with Gasteiger partial charge >= 0.3 is 0 Å². The van der Waals surface area contributed by atoms with Crippen LogP contribution in [-0.4, -0.2) is 53.9 Å². The van der Waals surface area contributed by atoms with Crippen molar-refractivity contribution in [2.75, 3.05) is 38.5 Å². The molecule has 0 aliphatic carbocycles. The number of hydrogen-bond donors (Lipinski definition) is 1. The fraction of sp³-hybridized carbons (Fsp3) is 0.312. The first-order chi connectivity index (χ1) is 18.3. The fourth-order valence-electron chi connectivity index (χ4n) is 4.86. The van der Waals surface area contributed by atoms with Crippen molar-refractivity contribution in [3.63, 3.8) is 0 Å². The van der Waals surface area contributed by atoms with E-state index in [9.17, 15) is 4.79 Å². The average molecular weight is 525 g/mol. The highest BCUT2D eigenvalue weighted by atomic mass is 32.1. The molecular formula is C32H36N4OS. The molecule has 5 nitrogen and oxygen atoms in total. The Labute approximate surface area is 230 Å². The van der Waals surface area contributed by atoms with Crippen molar-refractivity contribution in [3.05, 3.63) is 104 Å². The van der Waals surface area contributed by atoms with Crippen molar-refractivity contribution in [1.82, 2.24) is 14.8 Å². The zero-order chi connectivity index (χ0) is 26.6. The number of benzene rings is 3. The summed E-state index contributed by atoms with van der Waals surface area (Å²) < 4.78 is 0. The first kappa shape index (κ1) is 26.3. The molecule has 0 unspecified atom stereocenters. The Morgan fingerprint density at radius 1 is 0.921 bits per heavy atom. The second-order valence-electron chi connectivity index (χ2n) is 10.5. The van der Waals surface area contributed by atoms with Crippen molar-refractivity contribution in [3.8, 4) is 11.3 Å². The summed E-state index contributed by atoms with van der Waals surface area (Å²) in [7, 11) is 2.17. The third-order valence-electron chi connectivity index (χ3n) is 7.39. The molecule has 196 valence electrons. The van der Waals surface area contributed by atoms with Crippen LogP contribution in [0.25, 0.3) is 11.3 Å². The van der Waals surface area contributed by atoms with Crippen LogP contribution >= 0.6 is 11.3 Å². The minimum absolute atomic E-state index is 0.0857. The van der Waals surface area contributed by atoms with Gasteiger partial charge in [-0.2, -0.15) is 0 Å². The molecule has 3 aromatic carbocycles. The summed E-state index contributed by atoms with van der Waals surface area (Å²) in [6.07, 6.45) is 0.742. The molecule has 2 heterocycles. The molecule has 0 radical (unpaired) electrons. The number of carbonyl (C=O) groups is 1. The van der Waals surface area contributed by atoms with Gasteiger partial charge in [0.05, 0.1) is 10.7 Å². The van der Waals surface area contributed by atoms with Gasteiger partial charge in [0.1, 0.15) is 0 Å². The molecule has 5 rings (SSSR count). The highest BCUT2D eigenvalue weighted by Crippen LogP contribution is 2.28. The molecule has 0 saturated carbocycles. The number of rotatable bonds is 7. The predicted octanol–water partition coefficient (Wildman–Crippen LogP) is 6.33. The lowest BCUT2D eigenvalue weighted by Gasteiger charge is -2.32. The molecule has 38 heavy (non-hydrogen) atoms. The van der Waals surface area contributed by atoms with E-state index in [-0.39, 0.29) is 5.91 Å². The monoisotopic (exact) mass is 524 g/mol. The van der Waals surface area contributed by atoms with E-state index in [0.717, 1.165) is 55.5 Å². The van der Waals surface area contributed by atoms with E-state index >= 15 is 0 Å². The highest BCUT2D eigenvalue weighted by molar-refractivity contribution is 7.10. The number of thiazole rings is 1. The first-order valence-electron chi connectivity index (χ1n) is 13.3. The second-order valence-corrected chi connectivity index (χ2v) is 11.4. The highest BCUT2D eigenvalue weighted by Gasteiger charge is 2.15. The van der Waals surface area contributed by atoms with Crippen LogP contribution in [0.15, 0.2) is 66.0 Å². The Kier molecular flexibility index (Phi) is 8.03. The van der Waals surface area contributed by atoms with Crippen LogP contribution in [-0.2, 0) is 13.0 Å². The topological polar surface area (TPSA) is 48.5 Å². The Morgan fingerprint density at radius 3 is 2.42 bits per heavy atom. The van der Waals surface area contributed by atoms with Crippen LogP contribution in [0.1, 0.15) is 43.2 Å². The Hall–Kier alpha value is -3.32. The van der Waals surface area contributed by atoms with Gasteiger partial charge in [-0.25, -0.2) is 4.98 Å². The van der Waals surface area contributed by atoms with E-state index in [0.29, 0.717) is 5.56 Å². The van der Waals surface area contributed by atoms with Gasteiger partial charge in [-0.1, -0.05) is 35.9 Å². The number of aryl methyl sites for hydroxylation is 3. The lowest BCUT2D eigenvalue weighted by atomic mass is 10.0. The number of aromatic nitrogens is 1. The van der Waals surface area contributed by atoms with Crippen LogP contribution in [0, 0.1) is 20.8 Å². The fourth-order valence-corrected chi connectivity index (χ4v) is 5.68. The van der Waals surface area contributed by atoms with Gasteiger partial charge in [-0.05, 0) is 80.4 Å². The molecule has 4 aromatic rings. The van der Waals surface area contributed by atoms with Gasteiger partial charge in [0.15, 0.2) is 0 Å². The van der Waals surface area contributed by atoms with Crippen molar-refractivity contribution < 1.29 is 4.79 Å². The molecular weight excluding hydrogens is 488 g/mol. The summed E-state index contributed by atoms with van der Waals surface area (Å²) in [6, 6.07) is 20.6. The first-order valence-corrected chi connectivity index (χ1v) is 14.1. The normalized spacial score (nSPS) is 14.5. The van der Waals surface area contributed by atoms with E-state index in [1.54, 1.807) is 11.3 Å². The lowest BCUT2D eigenvalue weighted by Crippen LogP contribution is -2.43. The molecule has 1 aliphatic heterocycles. The van der Waals surface area contributed by atoms with Crippen LogP contribution in [0.4, 0.5) is 5.69 Å². The molecule has 1 fully saturated rings. The predicted molar refractivity (Wildman–Crippen MR) is 158 cm³/mol. The van der Waals surface area contributed by atoms with E-state index in [1.165, 1.54) is 33.4 Å². The molecule has 0 atom stereocenters. The van der Waals surface area contributed by atoms with Gasteiger partial charge in [0.2, 0.25) is 0 Å². The molecule has 1 aromatic heterocycles. The summed E-state index contributed by atoms with van der Waals surface area (Å²) in [5, 5.41) is 6.31. The maximum Gasteiger partial charge on any atom is 0.255 e. The van der Waals surface area contributed by atoms with E-state index in [1.807, 2.05) is 18.2 Å². The SMILES string of the molecule is Cc1ccc(C)c(-c2csc(Cc3cc(NC(=O)c4ccc(CN5CCN(C)CC5)cc4)ccc3C)n2)c1. The summed E-state index contributed by atoms with van der Waals surface area (Å²) in [5.41, 5.74) is 9.80. The van der Waals surface area contributed by atoms with E-state index in [2.05, 4.69) is 90.8 Å². The number of carbonyl (C=O) groups excluding carboxylic acids is 1. The maximum absolute atomic E-state index is 13.0. The third kappa shape index (κ3) is 6.38. The van der Waals surface area contributed by atoms with Gasteiger partial charge < -0.3 is 10.2 Å². The van der Waals surface area contributed by atoms with Crippen LogP contribution in [0.3, 0.4) is 0 Å². The molecule has 1 saturated heterocycles. The van der Waals surface area contributed by atoms with Crippen molar-refractivity contribution in [2.45, 2.75) is 33.7 Å². The Bertz CT molecular complexity index is 1420. The average Bonchev–Trinajstić information content (AvgIpc) is 3.37. The minimum Gasteiger partial charge on any atom is -0.322 e. The standard InChI is InChI=1S/C32H36N4OS/c1-22-5-6-24(3)29(17-22)30-21-38-31(34-30)19-27-18-28(12-7-23(27)2)33-32(37)26-10-8-25(9-11-26)20-36-15-13-35(4)14-16-36/h5-12,17-18,21H,13-16,19-20H2,1-4H3,(H,33,37). The molecule has 0 bridgehead atoms. The zero-order valence-electron chi connectivity index (χ0n) is 22.8. The molecule has 1 aliphatic rings. The van der Waals surface area contributed by atoms with Crippen molar-refractivity contribution in [2.24, 2.45) is 0 Å².